The van der Waals surface area contributed by atoms with Crippen molar-refractivity contribution >= 4 is 29.0 Å². The molecule has 0 aliphatic carbocycles. The number of halogens is 2. The monoisotopic (exact) mass is 384 g/mol. The van der Waals surface area contributed by atoms with E-state index in [9.17, 15) is 14.4 Å². The van der Waals surface area contributed by atoms with Gasteiger partial charge in [-0.2, -0.15) is 0 Å². The number of amidine groups is 1. The van der Waals surface area contributed by atoms with Gasteiger partial charge in [-0.05, 0) is 44.1 Å². The molecule has 11 heteroatoms. The van der Waals surface area contributed by atoms with Crippen LogP contribution in [-0.4, -0.2) is 32.8 Å². The molecule has 1 aromatic carbocycles. The standard InChI is InChI=1S/C15H18ClFN6O3/c1-15(2,3)20-14(24)10(18)11-12(23-26-22-11)13(21-25)19-7-4-5-9(17)8(16)6-7/h4-6,10,25H,18H2,1-3H3,(H,19,21)(H,20,24). The van der Waals surface area contributed by atoms with E-state index >= 15 is 0 Å². The average molecular weight is 385 g/mol. The van der Waals surface area contributed by atoms with Crippen LogP contribution in [0.3, 0.4) is 0 Å². The van der Waals surface area contributed by atoms with Crippen molar-refractivity contribution in [2.45, 2.75) is 32.4 Å². The van der Waals surface area contributed by atoms with E-state index in [4.69, 9.17) is 17.3 Å². The second-order valence-corrected chi connectivity index (χ2v) is 6.79. The second-order valence-electron chi connectivity index (χ2n) is 6.39. The Morgan fingerprint density at radius 1 is 1.42 bits per heavy atom. The first kappa shape index (κ1) is 19.8. The number of carbonyl (C=O) groups is 1. The Labute approximate surface area is 153 Å². The first-order valence-corrected chi connectivity index (χ1v) is 7.84. The Kier molecular flexibility index (Phi) is 5.90. The van der Waals surface area contributed by atoms with Crippen LogP contribution in [0.15, 0.2) is 27.8 Å². The first-order valence-electron chi connectivity index (χ1n) is 7.46. The highest BCUT2D eigenvalue weighted by Crippen LogP contribution is 2.23. The highest BCUT2D eigenvalue weighted by Gasteiger charge is 2.29. The molecule has 0 saturated heterocycles. The highest BCUT2D eigenvalue weighted by atomic mass is 35.5. The number of benzene rings is 1. The van der Waals surface area contributed by atoms with E-state index in [1.807, 2.05) is 5.48 Å². The largest absolute Gasteiger partial charge is 0.350 e. The van der Waals surface area contributed by atoms with Gasteiger partial charge in [0.25, 0.3) is 0 Å². The fourth-order valence-corrected chi connectivity index (χ4v) is 2.12. The lowest BCUT2D eigenvalue weighted by atomic mass is 10.1. The Hall–Kier alpha value is -2.56. The van der Waals surface area contributed by atoms with Crippen LogP contribution in [0, 0.1) is 5.82 Å². The number of aliphatic imine (C=N–C) groups is 1. The van der Waals surface area contributed by atoms with Crippen molar-refractivity contribution in [3.63, 3.8) is 0 Å². The molecule has 0 radical (unpaired) electrons. The van der Waals surface area contributed by atoms with Gasteiger partial charge in [-0.15, -0.1) is 0 Å². The van der Waals surface area contributed by atoms with Crippen molar-refractivity contribution in [1.29, 1.82) is 0 Å². The zero-order valence-corrected chi connectivity index (χ0v) is 15.0. The molecule has 0 fully saturated rings. The third-order valence-electron chi connectivity index (χ3n) is 3.06. The van der Waals surface area contributed by atoms with Crippen molar-refractivity contribution in [3.8, 4) is 0 Å². The Morgan fingerprint density at radius 3 is 2.69 bits per heavy atom. The maximum atomic E-state index is 13.2. The molecule has 140 valence electrons. The number of amides is 1. The van der Waals surface area contributed by atoms with Crippen molar-refractivity contribution in [2.24, 2.45) is 10.7 Å². The van der Waals surface area contributed by atoms with Crippen LogP contribution < -0.4 is 16.5 Å². The molecule has 0 aliphatic rings. The number of nitrogens with two attached hydrogens (primary N) is 1. The molecular weight excluding hydrogens is 367 g/mol. The van der Waals surface area contributed by atoms with Gasteiger partial charge in [0.2, 0.25) is 5.91 Å². The average Bonchev–Trinajstić information content (AvgIpc) is 3.02. The molecule has 0 saturated carbocycles. The minimum Gasteiger partial charge on any atom is -0.350 e. The number of nitrogens with zero attached hydrogens (tertiary/aromatic N) is 3. The van der Waals surface area contributed by atoms with Crippen molar-refractivity contribution in [2.75, 3.05) is 0 Å². The normalized spacial score (nSPS) is 13.4. The van der Waals surface area contributed by atoms with Crippen LogP contribution in [0.4, 0.5) is 10.1 Å². The van der Waals surface area contributed by atoms with Gasteiger partial charge in [-0.1, -0.05) is 16.8 Å². The molecule has 1 unspecified atom stereocenters. The molecule has 1 aromatic heterocycles. The molecule has 9 nitrogen and oxygen atoms in total. The van der Waals surface area contributed by atoms with Gasteiger partial charge in [0.05, 0.1) is 10.7 Å². The smallest absolute Gasteiger partial charge is 0.243 e. The summed E-state index contributed by atoms with van der Waals surface area (Å²) in [5, 5.41) is 19.2. The van der Waals surface area contributed by atoms with Crippen LogP contribution in [0.5, 0.6) is 0 Å². The van der Waals surface area contributed by atoms with Gasteiger partial charge < -0.3 is 11.1 Å². The lowest BCUT2D eigenvalue weighted by molar-refractivity contribution is -0.124. The van der Waals surface area contributed by atoms with Gasteiger partial charge in [0, 0.05) is 5.54 Å². The van der Waals surface area contributed by atoms with E-state index in [1.165, 1.54) is 12.1 Å². The van der Waals surface area contributed by atoms with Crippen LogP contribution in [0.25, 0.3) is 0 Å². The van der Waals surface area contributed by atoms with E-state index in [0.717, 1.165) is 6.07 Å². The maximum Gasteiger partial charge on any atom is 0.243 e. The molecule has 0 bridgehead atoms. The lowest BCUT2D eigenvalue weighted by Crippen LogP contribution is -2.45. The first-order chi connectivity index (χ1) is 12.1. The maximum absolute atomic E-state index is 13.2. The van der Waals surface area contributed by atoms with Gasteiger partial charge >= 0.3 is 0 Å². The molecule has 1 amide bonds. The molecular formula is C15H18ClFN6O3. The zero-order chi connectivity index (χ0) is 19.5. The number of hydrogen-bond acceptors (Lipinski definition) is 7. The number of rotatable bonds is 4. The molecule has 5 N–H and O–H groups in total. The lowest BCUT2D eigenvalue weighted by Gasteiger charge is -2.22. The second kappa shape index (κ2) is 7.77. The predicted molar refractivity (Wildman–Crippen MR) is 91.7 cm³/mol. The third kappa shape index (κ3) is 4.75. The minimum absolute atomic E-state index is 0.0414. The predicted octanol–water partition coefficient (Wildman–Crippen LogP) is 1.83. The van der Waals surface area contributed by atoms with Crippen molar-refractivity contribution in [1.82, 2.24) is 21.1 Å². The molecule has 2 aromatic rings. The highest BCUT2D eigenvalue weighted by molar-refractivity contribution is 6.31. The number of aromatic nitrogens is 2. The summed E-state index contributed by atoms with van der Waals surface area (Å²) in [5.74, 6) is -1.34. The van der Waals surface area contributed by atoms with E-state index in [1.54, 1.807) is 20.8 Å². The van der Waals surface area contributed by atoms with E-state index in [0.29, 0.717) is 0 Å². The summed E-state index contributed by atoms with van der Waals surface area (Å²) in [6, 6.07) is 2.47. The van der Waals surface area contributed by atoms with Crippen LogP contribution in [0.2, 0.25) is 5.02 Å². The number of hydrogen-bond donors (Lipinski definition) is 4. The van der Waals surface area contributed by atoms with Crippen molar-refractivity contribution in [3.05, 3.63) is 40.4 Å². The molecule has 1 heterocycles. The Bertz CT molecular complexity index is 833. The molecule has 0 spiro atoms. The minimum atomic E-state index is -1.22. The fraction of sp³-hybridized carbons (Fsp3) is 0.333. The molecule has 0 aliphatic heterocycles. The number of carbonyl (C=O) groups excluding carboxylic acids is 1. The SMILES string of the molecule is CC(C)(C)NC(=O)C(N)c1nonc1C(=Nc1ccc(F)c(Cl)c1)NO. The van der Waals surface area contributed by atoms with E-state index in [-0.39, 0.29) is 27.9 Å². The van der Waals surface area contributed by atoms with E-state index < -0.39 is 23.3 Å². The van der Waals surface area contributed by atoms with E-state index in [2.05, 4.69) is 25.3 Å². The topological polar surface area (TPSA) is 139 Å². The molecule has 26 heavy (non-hydrogen) atoms. The van der Waals surface area contributed by atoms with Crippen LogP contribution in [-0.2, 0) is 4.79 Å². The van der Waals surface area contributed by atoms with Crippen LogP contribution in [0.1, 0.15) is 38.2 Å². The fourth-order valence-electron chi connectivity index (χ4n) is 1.95. The molecule has 1 atom stereocenters. The van der Waals surface area contributed by atoms with Gasteiger partial charge in [0.1, 0.15) is 17.6 Å². The summed E-state index contributed by atoms with van der Waals surface area (Å²) < 4.78 is 17.9. The summed E-state index contributed by atoms with van der Waals surface area (Å²) in [6.07, 6.45) is 0. The number of nitrogens with one attached hydrogen (secondary N) is 2. The van der Waals surface area contributed by atoms with Gasteiger partial charge in [0.15, 0.2) is 11.5 Å². The summed E-state index contributed by atoms with van der Waals surface area (Å²) in [7, 11) is 0. The summed E-state index contributed by atoms with van der Waals surface area (Å²) in [5.41, 5.74) is 7.33. The Balaban J connectivity index is 2.35. The third-order valence-corrected chi connectivity index (χ3v) is 3.35. The van der Waals surface area contributed by atoms with Gasteiger partial charge in [-0.25, -0.2) is 14.0 Å². The molecule has 2 rings (SSSR count). The Morgan fingerprint density at radius 2 is 2.12 bits per heavy atom. The zero-order valence-electron chi connectivity index (χ0n) is 14.2. The summed E-state index contributed by atoms with van der Waals surface area (Å²) in [4.78, 5) is 16.3. The van der Waals surface area contributed by atoms with Gasteiger partial charge in [-0.3, -0.25) is 15.5 Å². The summed E-state index contributed by atoms with van der Waals surface area (Å²) >= 11 is 5.70. The van der Waals surface area contributed by atoms with Crippen molar-refractivity contribution < 1.29 is 19.0 Å². The van der Waals surface area contributed by atoms with Crippen LogP contribution >= 0.6 is 11.6 Å². The number of hydroxylamine groups is 1. The quantitative estimate of drug-likeness (QED) is 0.358. The summed E-state index contributed by atoms with van der Waals surface area (Å²) in [6.45, 7) is 5.38.